The molecule has 0 unspecified atom stereocenters. The van der Waals surface area contributed by atoms with Gasteiger partial charge >= 0.3 is 0 Å². The first-order valence-corrected chi connectivity index (χ1v) is 8.15. The van der Waals surface area contributed by atoms with Crippen molar-refractivity contribution in [3.05, 3.63) is 52.4 Å². The first kappa shape index (κ1) is 15.6. The highest BCUT2D eigenvalue weighted by molar-refractivity contribution is 7.14. The molecule has 0 radical (unpaired) electrons. The average Bonchev–Trinajstić information content (AvgIpc) is 2.95. The van der Waals surface area contributed by atoms with E-state index in [2.05, 4.69) is 29.1 Å². The number of rotatable bonds is 3. The maximum Gasteiger partial charge on any atom is 0.259 e. The zero-order valence-corrected chi connectivity index (χ0v) is 13.9. The van der Waals surface area contributed by atoms with Gasteiger partial charge in [0.25, 0.3) is 5.91 Å². The van der Waals surface area contributed by atoms with Crippen LogP contribution in [0.2, 0.25) is 0 Å². The molecule has 0 atom stereocenters. The highest BCUT2D eigenvalue weighted by Crippen LogP contribution is 2.23. The van der Waals surface area contributed by atoms with Crippen LogP contribution in [-0.4, -0.2) is 15.9 Å². The summed E-state index contributed by atoms with van der Waals surface area (Å²) in [6, 6.07) is 6.06. The second-order valence-corrected chi connectivity index (χ2v) is 6.50. The van der Waals surface area contributed by atoms with Crippen molar-refractivity contribution in [1.82, 2.24) is 9.97 Å². The van der Waals surface area contributed by atoms with Crippen LogP contribution in [0.1, 0.15) is 41.5 Å². The molecule has 0 saturated heterocycles. The maximum atomic E-state index is 13.3. The maximum absolute atomic E-state index is 13.3. The van der Waals surface area contributed by atoms with Crippen LogP contribution in [0.4, 0.5) is 9.52 Å². The standard InChI is InChI=1S/C17H16FN3OS/c1-9(2)15-8-23-17(20-15)21-16(22)13-6-11-4-5-12(18)7-14(11)19-10(13)3/h4-9H,1-3H3,(H,20,21,22). The fourth-order valence-corrected chi connectivity index (χ4v) is 3.11. The van der Waals surface area contributed by atoms with E-state index in [-0.39, 0.29) is 11.7 Å². The summed E-state index contributed by atoms with van der Waals surface area (Å²) in [5.41, 5.74) is 2.51. The predicted octanol–water partition coefficient (Wildman–Crippen LogP) is 4.51. The lowest BCUT2D eigenvalue weighted by molar-refractivity contribution is 0.102. The van der Waals surface area contributed by atoms with E-state index < -0.39 is 0 Å². The second-order valence-electron chi connectivity index (χ2n) is 5.64. The van der Waals surface area contributed by atoms with Crippen LogP contribution in [0, 0.1) is 12.7 Å². The van der Waals surface area contributed by atoms with Crippen LogP contribution >= 0.6 is 11.3 Å². The van der Waals surface area contributed by atoms with Gasteiger partial charge in [-0.1, -0.05) is 13.8 Å². The summed E-state index contributed by atoms with van der Waals surface area (Å²) in [7, 11) is 0. The van der Waals surface area contributed by atoms with Crippen molar-refractivity contribution in [3.8, 4) is 0 Å². The van der Waals surface area contributed by atoms with Crippen molar-refractivity contribution < 1.29 is 9.18 Å². The number of thiazole rings is 1. The fraction of sp³-hybridized carbons (Fsp3) is 0.235. The Kier molecular flexibility index (Phi) is 4.09. The topological polar surface area (TPSA) is 54.9 Å². The molecule has 23 heavy (non-hydrogen) atoms. The number of carbonyl (C=O) groups excluding carboxylic acids is 1. The summed E-state index contributed by atoms with van der Waals surface area (Å²) < 4.78 is 13.3. The van der Waals surface area contributed by atoms with Gasteiger partial charge in [-0.15, -0.1) is 11.3 Å². The van der Waals surface area contributed by atoms with Crippen molar-refractivity contribution in [1.29, 1.82) is 0 Å². The van der Waals surface area contributed by atoms with Gasteiger partial charge in [0, 0.05) is 16.8 Å². The molecule has 0 fully saturated rings. The Bertz CT molecular complexity index is 889. The van der Waals surface area contributed by atoms with E-state index in [0.29, 0.717) is 27.8 Å². The number of aromatic nitrogens is 2. The molecule has 0 aliphatic carbocycles. The van der Waals surface area contributed by atoms with Gasteiger partial charge < -0.3 is 0 Å². The molecule has 2 aromatic heterocycles. The van der Waals surface area contributed by atoms with Gasteiger partial charge in [0.1, 0.15) is 5.82 Å². The molecule has 118 valence electrons. The van der Waals surface area contributed by atoms with Crippen molar-refractivity contribution >= 4 is 33.3 Å². The first-order chi connectivity index (χ1) is 10.9. The zero-order chi connectivity index (χ0) is 16.6. The minimum Gasteiger partial charge on any atom is -0.298 e. The van der Waals surface area contributed by atoms with E-state index in [1.54, 1.807) is 19.1 Å². The fourth-order valence-electron chi connectivity index (χ4n) is 2.24. The lowest BCUT2D eigenvalue weighted by Gasteiger charge is -2.07. The largest absolute Gasteiger partial charge is 0.298 e. The number of nitrogens with one attached hydrogen (secondary N) is 1. The van der Waals surface area contributed by atoms with Gasteiger partial charge in [-0.3, -0.25) is 15.1 Å². The Labute approximate surface area is 137 Å². The lowest BCUT2D eigenvalue weighted by Crippen LogP contribution is -2.14. The molecule has 6 heteroatoms. The number of amides is 1. The predicted molar refractivity (Wildman–Crippen MR) is 90.6 cm³/mol. The summed E-state index contributed by atoms with van der Waals surface area (Å²) in [4.78, 5) is 21.2. The van der Waals surface area contributed by atoms with E-state index >= 15 is 0 Å². The Morgan fingerprint density at radius 3 is 2.74 bits per heavy atom. The number of nitrogens with zero attached hydrogens (tertiary/aromatic N) is 2. The average molecular weight is 329 g/mol. The van der Waals surface area contributed by atoms with Crippen molar-refractivity contribution in [3.63, 3.8) is 0 Å². The third-order valence-corrected chi connectivity index (χ3v) is 4.32. The summed E-state index contributed by atoms with van der Waals surface area (Å²) in [6.45, 7) is 5.84. The van der Waals surface area contributed by atoms with E-state index in [4.69, 9.17) is 0 Å². The van der Waals surface area contributed by atoms with Gasteiger partial charge in [0.05, 0.1) is 22.5 Å². The van der Waals surface area contributed by atoms with E-state index in [0.717, 1.165) is 11.1 Å². The Balaban J connectivity index is 1.90. The number of benzene rings is 1. The van der Waals surface area contributed by atoms with Crippen LogP contribution in [-0.2, 0) is 0 Å². The van der Waals surface area contributed by atoms with Gasteiger partial charge in [-0.05, 0) is 31.0 Å². The van der Waals surface area contributed by atoms with Gasteiger partial charge in [-0.2, -0.15) is 0 Å². The number of carbonyl (C=O) groups is 1. The van der Waals surface area contributed by atoms with Crippen LogP contribution in [0.25, 0.3) is 10.9 Å². The highest BCUT2D eigenvalue weighted by Gasteiger charge is 2.14. The molecule has 1 N–H and O–H groups in total. The van der Waals surface area contributed by atoms with Crippen LogP contribution < -0.4 is 5.32 Å². The minimum atomic E-state index is -0.342. The Morgan fingerprint density at radius 1 is 1.26 bits per heavy atom. The molecule has 2 heterocycles. The summed E-state index contributed by atoms with van der Waals surface area (Å²) in [5, 5.41) is 6.04. The second kappa shape index (κ2) is 6.04. The van der Waals surface area contributed by atoms with Gasteiger partial charge in [0.15, 0.2) is 5.13 Å². The monoisotopic (exact) mass is 329 g/mol. The third-order valence-electron chi connectivity index (χ3n) is 3.55. The lowest BCUT2D eigenvalue weighted by atomic mass is 10.1. The summed E-state index contributed by atoms with van der Waals surface area (Å²) >= 11 is 1.40. The van der Waals surface area contributed by atoms with Crippen LogP contribution in [0.3, 0.4) is 0 Å². The molecule has 0 saturated carbocycles. The molecule has 3 aromatic rings. The van der Waals surface area contributed by atoms with Crippen LogP contribution in [0.5, 0.6) is 0 Å². The van der Waals surface area contributed by atoms with E-state index in [9.17, 15) is 9.18 Å². The van der Waals surface area contributed by atoms with Crippen LogP contribution in [0.15, 0.2) is 29.6 Å². The highest BCUT2D eigenvalue weighted by atomic mass is 32.1. The number of anilines is 1. The van der Waals surface area contributed by atoms with E-state index in [1.165, 1.54) is 23.5 Å². The molecule has 0 aliphatic heterocycles. The van der Waals surface area contributed by atoms with Crippen molar-refractivity contribution in [2.45, 2.75) is 26.7 Å². The smallest absolute Gasteiger partial charge is 0.259 e. The number of pyridine rings is 1. The Hall–Kier alpha value is -2.34. The van der Waals surface area contributed by atoms with Crippen molar-refractivity contribution in [2.24, 2.45) is 0 Å². The molecule has 0 spiro atoms. The Morgan fingerprint density at radius 2 is 2.04 bits per heavy atom. The van der Waals surface area contributed by atoms with Crippen molar-refractivity contribution in [2.75, 3.05) is 5.32 Å². The third kappa shape index (κ3) is 3.22. The summed E-state index contributed by atoms with van der Waals surface area (Å²) in [5.74, 6) is -0.285. The SMILES string of the molecule is Cc1nc2cc(F)ccc2cc1C(=O)Nc1nc(C(C)C)cs1. The molecule has 4 nitrogen and oxygen atoms in total. The zero-order valence-electron chi connectivity index (χ0n) is 13.1. The number of hydrogen-bond acceptors (Lipinski definition) is 4. The quantitative estimate of drug-likeness (QED) is 0.769. The van der Waals surface area contributed by atoms with Gasteiger partial charge in [-0.25, -0.2) is 9.37 Å². The molecular weight excluding hydrogens is 313 g/mol. The molecule has 0 bridgehead atoms. The number of aryl methyl sites for hydroxylation is 1. The minimum absolute atomic E-state index is 0.258. The molecular formula is C17H16FN3OS. The molecule has 1 amide bonds. The normalized spacial score (nSPS) is 11.2. The molecule has 1 aromatic carbocycles. The first-order valence-electron chi connectivity index (χ1n) is 7.27. The molecule has 3 rings (SSSR count). The number of fused-ring (bicyclic) bond motifs is 1. The van der Waals surface area contributed by atoms with Gasteiger partial charge in [0.2, 0.25) is 0 Å². The number of halogens is 1. The molecule has 0 aliphatic rings. The number of hydrogen-bond donors (Lipinski definition) is 1. The van der Waals surface area contributed by atoms with E-state index in [1.807, 2.05) is 5.38 Å². The summed E-state index contributed by atoms with van der Waals surface area (Å²) in [6.07, 6.45) is 0.